The lowest BCUT2D eigenvalue weighted by Gasteiger charge is -2.36. The number of likely N-dealkylation sites (tertiary alicyclic amines) is 1. The molecule has 1 saturated heterocycles. The number of nitrogens with one attached hydrogen (secondary N) is 3. The molecule has 0 aromatic carbocycles. The lowest BCUT2D eigenvalue weighted by atomic mass is 9.85. The van der Waals surface area contributed by atoms with Crippen LogP contribution in [0.25, 0.3) is 0 Å². The summed E-state index contributed by atoms with van der Waals surface area (Å²) in [7, 11) is 0. The van der Waals surface area contributed by atoms with Crippen molar-refractivity contribution in [3.8, 4) is 0 Å². The minimum atomic E-state index is -1.15. The molecule has 2 aliphatic rings. The second-order valence-electron chi connectivity index (χ2n) is 13.8. The number of amides is 5. The number of hydrogen-bond donors (Lipinski definition) is 4. The number of ketones is 2. The number of primary amides is 1. The molecule has 5 unspecified atom stereocenters. The minimum absolute atomic E-state index is 0.0710. The van der Waals surface area contributed by atoms with Crippen LogP contribution in [0.5, 0.6) is 0 Å². The fourth-order valence-corrected chi connectivity index (χ4v) is 5.18. The number of carbonyl (C=O) groups excluding carboxylic acids is 6. The molecule has 5 atom stereocenters. The third-order valence-corrected chi connectivity index (χ3v) is 8.36. The maximum absolute atomic E-state index is 13.7. The number of hydrogen-bond acceptors (Lipinski definition) is 6. The van der Waals surface area contributed by atoms with Gasteiger partial charge in [0.25, 0.3) is 5.91 Å². The third-order valence-electron chi connectivity index (χ3n) is 8.36. The maximum Gasteiger partial charge on any atom is 0.316 e. The molecule has 5 amide bonds. The van der Waals surface area contributed by atoms with E-state index in [2.05, 4.69) is 29.8 Å². The number of Topliss-reactive ketones (excluding diaryl/α,β-unsaturated/α-hetero) is 2. The highest BCUT2D eigenvalue weighted by molar-refractivity contribution is 6.37. The second kappa shape index (κ2) is 17.3. The van der Waals surface area contributed by atoms with E-state index < -0.39 is 59.1 Å². The van der Waals surface area contributed by atoms with Crippen LogP contribution in [0.3, 0.4) is 0 Å². The predicted octanol–water partition coefficient (Wildman–Crippen LogP) is 3.48. The molecule has 5 N–H and O–H groups in total. The highest BCUT2D eigenvalue weighted by Gasteiger charge is 2.43. The average Bonchev–Trinajstić information content (AvgIpc) is 3.40. The Morgan fingerprint density at radius 1 is 0.907 bits per heavy atom. The molecule has 0 bridgehead atoms. The first-order chi connectivity index (χ1) is 19.9. The van der Waals surface area contributed by atoms with Gasteiger partial charge in [-0.25, -0.2) is 4.79 Å². The van der Waals surface area contributed by atoms with Crippen molar-refractivity contribution in [3.63, 3.8) is 0 Å². The number of nitrogens with zero attached hydrogens (tertiary/aromatic N) is 1. The summed E-state index contributed by atoms with van der Waals surface area (Å²) in [5.41, 5.74) is 4.31. The van der Waals surface area contributed by atoms with Crippen LogP contribution in [0, 0.1) is 23.2 Å². The van der Waals surface area contributed by atoms with E-state index in [1.54, 1.807) is 34.6 Å². The van der Waals surface area contributed by atoms with Gasteiger partial charge in [-0.15, -0.1) is 0 Å². The van der Waals surface area contributed by atoms with Crippen LogP contribution in [-0.4, -0.2) is 70.9 Å². The van der Waals surface area contributed by atoms with Crippen LogP contribution in [0.4, 0.5) is 4.79 Å². The Morgan fingerprint density at radius 2 is 1.49 bits per heavy atom. The zero-order valence-electron chi connectivity index (χ0n) is 27.9. The van der Waals surface area contributed by atoms with Crippen molar-refractivity contribution < 1.29 is 28.8 Å². The van der Waals surface area contributed by atoms with Crippen molar-refractivity contribution in [1.29, 1.82) is 0 Å². The van der Waals surface area contributed by atoms with E-state index in [1.807, 2.05) is 6.92 Å². The molecule has 0 aromatic rings. The summed E-state index contributed by atoms with van der Waals surface area (Å²) in [6.45, 7) is 16.9. The summed E-state index contributed by atoms with van der Waals surface area (Å²) in [6.07, 6.45) is 8.07. The van der Waals surface area contributed by atoms with Crippen molar-refractivity contribution in [2.45, 2.75) is 138 Å². The van der Waals surface area contributed by atoms with E-state index >= 15 is 0 Å². The Labute approximate surface area is 258 Å². The summed E-state index contributed by atoms with van der Waals surface area (Å²) in [6, 6.07) is -4.27. The van der Waals surface area contributed by atoms with Crippen LogP contribution in [0.1, 0.15) is 114 Å². The normalized spacial score (nSPS) is 19.6. The van der Waals surface area contributed by atoms with E-state index in [-0.39, 0.29) is 17.6 Å². The van der Waals surface area contributed by atoms with E-state index in [0.717, 1.165) is 25.2 Å². The van der Waals surface area contributed by atoms with Crippen molar-refractivity contribution >= 4 is 35.3 Å². The molecule has 2 fully saturated rings. The van der Waals surface area contributed by atoms with Gasteiger partial charge in [0.1, 0.15) is 12.1 Å². The molecule has 1 saturated carbocycles. The number of nitrogens with two attached hydrogens (primary N) is 1. The second-order valence-corrected chi connectivity index (χ2v) is 13.8. The average molecular weight is 608 g/mol. The molecule has 1 aliphatic heterocycles. The van der Waals surface area contributed by atoms with Gasteiger partial charge >= 0.3 is 6.03 Å². The standard InChI is InChI=1S/C27H47N5O6.C5H10/c1-9-10-12-16(4)19(20(33)15(2)3)30-26(38)31-22(27(6,7)8)25(37)32-14-11-13-18(32)24(36)29-17(5)21(34)23(28)35;1-5-3-2-4-5/h15-19,22H,9-14H2,1-8H3,(H2,28,35)(H,29,36)(H2,30,31,38);5H,2-4H2,1H3. The summed E-state index contributed by atoms with van der Waals surface area (Å²) in [4.78, 5) is 76.9. The van der Waals surface area contributed by atoms with E-state index in [1.165, 1.54) is 31.1 Å². The van der Waals surface area contributed by atoms with Gasteiger partial charge in [0.2, 0.25) is 17.6 Å². The fraction of sp³-hybridized carbons (Fsp3) is 0.812. The molecule has 0 spiro atoms. The van der Waals surface area contributed by atoms with Crippen LogP contribution in [0.15, 0.2) is 0 Å². The van der Waals surface area contributed by atoms with Gasteiger partial charge in [0.15, 0.2) is 5.78 Å². The molecular weight excluding hydrogens is 550 g/mol. The third kappa shape index (κ3) is 11.9. The van der Waals surface area contributed by atoms with Gasteiger partial charge in [-0.1, -0.05) is 87.5 Å². The van der Waals surface area contributed by atoms with Gasteiger partial charge in [-0.05, 0) is 43.4 Å². The largest absolute Gasteiger partial charge is 0.363 e. The monoisotopic (exact) mass is 607 g/mol. The van der Waals surface area contributed by atoms with Crippen LogP contribution in [0.2, 0.25) is 0 Å². The first kappa shape index (κ1) is 38.0. The molecule has 1 heterocycles. The molecule has 0 aromatic heterocycles. The highest BCUT2D eigenvalue weighted by Crippen LogP contribution is 2.26. The van der Waals surface area contributed by atoms with Gasteiger partial charge < -0.3 is 26.6 Å². The van der Waals surface area contributed by atoms with Gasteiger partial charge in [-0.3, -0.25) is 24.0 Å². The number of carbonyl (C=O) groups is 6. The summed E-state index contributed by atoms with van der Waals surface area (Å²) < 4.78 is 0. The quantitative estimate of drug-likeness (QED) is 0.234. The summed E-state index contributed by atoms with van der Waals surface area (Å²) in [5, 5.41) is 8.03. The molecule has 43 heavy (non-hydrogen) atoms. The van der Waals surface area contributed by atoms with Crippen LogP contribution in [-0.2, 0) is 24.0 Å². The van der Waals surface area contributed by atoms with Gasteiger partial charge in [-0.2, -0.15) is 0 Å². The smallest absolute Gasteiger partial charge is 0.316 e. The van der Waals surface area contributed by atoms with Gasteiger partial charge in [0, 0.05) is 12.5 Å². The summed E-state index contributed by atoms with van der Waals surface area (Å²) >= 11 is 0. The topological polar surface area (TPSA) is 168 Å². The number of unbranched alkanes of at least 4 members (excludes halogenated alkanes) is 1. The Kier molecular flexibility index (Phi) is 15.3. The lowest BCUT2D eigenvalue weighted by Crippen LogP contribution is -2.61. The van der Waals surface area contributed by atoms with Crippen molar-refractivity contribution in [2.24, 2.45) is 28.9 Å². The Bertz CT molecular complexity index is 987. The first-order valence-electron chi connectivity index (χ1n) is 16.0. The number of urea groups is 1. The van der Waals surface area contributed by atoms with E-state index in [0.29, 0.717) is 19.4 Å². The molecule has 246 valence electrons. The van der Waals surface area contributed by atoms with Crippen LogP contribution >= 0.6 is 0 Å². The van der Waals surface area contributed by atoms with E-state index in [9.17, 15) is 28.8 Å². The Hall–Kier alpha value is -2.98. The zero-order valence-corrected chi connectivity index (χ0v) is 27.9. The highest BCUT2D eigenvalue weighted by atomic mass is 16.2. The van der Waals surface area contributed by atoms with E-state index in [4.69, 9.17) is 5.73 Å². The van der Waals surface area contributed by atoms with Crippen molar-refractivity contribution in [2.75, 3.05) is 6.54 Å². The van der Waals surface area contributed by atoms with Crippen molar-refractivity contribution in [3.05, 3.63) is 0 Å². The maximum atomic E-state index is 13.7. The molecular formula is C32H57N5O6. The number of rotatable bonds is 13. The van der Waals surface area contributed by atoms with Gasteiger partial charge in [0.05, 0.1) is 12.1 Å². The van der Waals surface area contributed by atoms with Crippen LogP contribution < -0.4 is 21.7 Å². The molecule has 1 aliphatic carbocycles. The predicted molar refractivity (Wildman–Crippen MR) is 167 cm³/mol. The molecule has 0 radical (unpaired) electrons. The molecule has 11 heteroatoms. The SMILES string of the molecule is CC1CCC1.CCCCC(C)C(NC(=O)NC(C(=O)N1CCCC1C(=O)NC(C)C(=O)C(N)=O)C(C)(C)C)C(=O)C(C)C. The zero-order chi connectivity index (χ0) is 33.1. The lowest BCUT2D eigenvalue weighted by molar-refractivity contribution is -0.143. The summed E-state index contributed by atoms with van der Waals surface area (Å²) in [5.74, 6) is -2.44. The molecule has 11 nitrogen and oxygen atoms in total. The Balaban J connectivity index is 0.00000166. The fourth-order valence-electron chi connectivity index (χ4n) is 5.18. The minimum Gasteiger partial charge on any atom is -0.363 e. The molecule has 2 rings (SSSR count). The Morgan fingerprint density at radius 3 is 1.93 bits per heavy atom. The van der Waals surface area contributed by atoms with Crippen molar-refractivity contribution in [1.82, 2.24) is 20.9 Å². The first-order valence-corrected chi connectivity index (χ1v) is 16.0.